The quantitative estimate of drug-likeness (QED) is 0.627. The number of esters is 1. The Bertz CT molecular complexity index is 955. The summed E-state index contributed by atoms with van der Waals surface area (Å²) in [4.78, 5) is 24.5. The summed E-state index contributed by atoms with van der Waals surface area (Å²) in [5, 5.41) is 0. The molecule has 1 heterocycles. The van der Waals surface area contributed by atoms with E-state index in [1.807, 2.05) is 32.0 Å². The Morgan fingerprint density at radius 1 is 1.13 bits per heavy atom. The number of rotatable bonds is 8. The number of aromatic nitrogens is 1. The third-order valence-corrected chi connectivity index (χ3v) is 6.52. The summed E-state index contributed by atoms with van der Waals surface area (Å²) in [7, 11) is 3.04. The molecule has 0 bridgehead atoms. The first-order chi connectivity index (χ1) is 14.9. The third kappa shape index (κ3) is 4.94. The van der Waals surface area contributed by atoms with Crippen molar-refractivity contribution in [3.05, 3.63) is 40.7 Å². The molecule has 0 unspecified atom stereocenters. The smallest absolute Gasteiger partial charge is 0.305 e. The summed E-state index contributed by atoms with van der Waals surface area (Å²) >= 11 is 0. The molecule has 2 aromatic rings. The van der Waals surface area contributed by atoms with Crippen LogP contribution in [0.1, 0.15) is 65.8 Å². The van der Waals surface area contributed by atoms with Crippen molar-refractivity contribution in [1.82, 2.24) is 4.57 Å². The van der Waals surface area contributed by atoms with E-state index in [-0.39, 0.29) is 12.4 Å². The lowest BCUT2D eigenvalue weighted by molar-refractivity contribution is -0.140. The van der Waals surface area contributed by atoms with E-state index in [9.17, 15) is 9.59 Å². The van der Waals surface area contributed by atoms with E-state index in [0.29, 0.717) is 17.9 Å². The second-order valence-electron chi connectivity index (χ2n) is 8.52. The number of nitrogens with zero attached hydrogens (tertiary/aromatic N) is 1. The fourth-order valence-corrected chi connectivity index (χ4v) is 4.90. The van der Waals surface area contributed by atoms with Gasteiger partial charge in [-0.3, -0.25) is 9.59 Å². The van der Waals surface area contributed by atoms with Gasteiger partial charge in [-0.15, -0.1) is 0 Å². The molecule has 31 heavy (non-hydrogen) atoms. The van der Waals surface area contributed by atoms with Crippen molar-refractivity contribution in [2.24, 2.45) is 11.7 Å². The molecule has 0 spiro atoms. The number of ether oxygens (including phenoxy) is 2. The molecule has 0 saturated heterocycles. The van der Waals surface area contributed by atoms with Crippen molar-refractivity contribution >= 4 is 11.9 Å². The second kappa shape index (κ2) is 10.0. The highest BCUT2D eigenvalue weighted by Crippen LogP contribution is 2.37. The summed E-state index contributed by atoms with van der Waals surface area (Å²) in [6.07, 6.45) is 6.91. The number of benzene rings is 1. The highest BCUT2D eigenvalue weighted by molar-refractivity contribution is 6.02. The van der Waals surface area contributed by atoms with Crippen molar-refractivity contribution < 1.29 is 19.1 Å². The zero-order chi connectivity index (χ0) is 22.5. The van der Waals surface area contributed by atoms with E-state index in [0.717, 1.165) is 40.4 Å². The number of carbonyl (C=O) groups is 2. The average molecular weight is 427 g/mol. The van der Waals surface area contributed by atoms with Gasteiger partial charge >= 0.3 is 5.97 Å². The first-order valence-corrected chi connectivity index (χ1v) is 11.1. The van der Waals surface area contributed by atoms with E-state index >= 15 is 0 Å². The minimum absolute atomic E-state index is 0.255. The minimum atomic E-state index is -0.442. The van der Waals surface area contributed by atoms with Crippen LogP contribution < -0.4 is 10.5 Å². The summed E-state index contributed by atoms with van der Waals surface area (Å²) in [6, 6.07) is 5.89. The molecule has 1 aliphatic rings. The van der Waals surface area contributed by atoms with E-state index in [2.05, 4.69) is 4.57 Å². The van der Waals surface area contributed by atoms with Crippen molar-refractivity contribution in [3.63, 3.8) is 0 Å². The lowest BCUT2D eigenvalue weighted by atomic mass is 9.89. The first-order valence-electron chi connectivity index (χ1n) is 11.1. The molecule has 2 N–H and O–H groups in total. The number of carbonyl (C=O) groups excluding carboxylic acids is 2. The highest BCUT2D eigenvalue weighted by Gasteiger charge is 2.27. The van der Waals surface area contributed by atoms with E-state index in [1.54, 1.807) is 7.11 Å². The van der Waals surface area contributed by atoms with Crippen LogP contribution in [-0.2, 0) is 22.5 Å². The van der Waals surface area contributed by atoms with Crippen LogP contribution in [0.25, 0.3) is 11.1 Å². The van der Waals surface area contributed by atoms with Crippen molar-refractivity contribution in [2.75, 3.05) is 14.2 Å². The molecule has 1 saturated carbocycles. The van der Waals surface area contributed by atoms with Gasteiger partial charge in [-0.25, -0.2) is 0 Å². The van der Waals surface area contributed by atoms with Gasteiger partial charge in [-0.1, -0.05) is 25.3 Å². The van der Waals surface area contributed by atoms with Crippen LogP contribution in [0.15, 0.2) is 18.2 Å². The van der Waals surface area contributed by atoms with Gasteiger partial charge in [0.25, 0.3) is 5.91 Å². The largest absolute Gasteiger partial charge is 0.496 e. The van der Waals surface area contributed by atoms with Crippen molar-refractivity contribution in [3.8, 4) is 16.9 Å². The molecule has 0 atom stereocenters. The normalized spacial score (nSPS) is 14.5. The number of nitrogens with two attached hydrogens (primary N) is 1. The maximum atomic E-state index is 12.6. The summed E-state index contributed by atoms with van der Waals surface area (Å²) in [5.41, 5.74) is 11.0. The molecular formula is C25H34N2O4. The number of primary amides is 1. The van der Waals surface area contributed by atoms with Gasteiger partial charge in [-0.2, -0.15) is 0 Å². The van der Waals surface area contributed by atoms with Crippen molar-refractivity contribution in [2.45, 2.75) is 65.3 Å². The molecule has 168 valence electrons. The Balaban J connectivity index is 2.15. The number of hydrogen-bond acceptors (Lipinski definition) is 4. The molecule has 1 fully saturated rings. The van der Waals surface area contributed by atoms with Gasteiger partial charge in [0.2, 0.25) is 0 Å². The SMILES string of the molecule is COC(=O)CCc1c(-c2ccc(OC)c(C)c2)c(C(N)=O)c(C)n1CC1CCCCC1. The van der Waals surface area contributed by atoms with Gasteiger partial charge in [0, 0.05) is 23.5 Å². The fraction of sp³-hybridized carbons (Fsp3) is 0.520. The lowest BCUT2D eigenvalue weighted by Gasteiger charge is -2.24. The standard InChI is InChI=1S/C25H34N2O4/c1-16-14-19(10-12-21(16)30-3)24-20(11-13-22(28)31-4)27(17(2)23(24)25(26)29)15-18-8-6-5-7-9-18/h10,12,14,18H,5-9,11,13,15H2,1-4H3,(H2,26,29). The Labute approximate surface area is 184 Å². The van der Waals surface area contributed by atoms with Gasteiger partial charge in [0.15, 0.2) is 0 Å². The molecule has 1 amide bonds. The van der Waals surface area contributed by atoms with Gasteiger partial charge in [-0.05, 0) is 62.3 Å². The van der Waals surface area contributed by atoms with Crippen LogP contribution in [0, 0.1) is 19.8 Å². The topological polar surface area (TPSA) is 83.6 Å². The molecule has 1 aliphatic carbocycles. The Kier molecular flexibility index (Phi) is 7.42. The first kappa shape index (κ1) is 22.9. The Morgan fingerprint density at radius 2 is 1.84 bits per heavy atom. The average Bonchev–Trinajstić information content (AvgIpc) is 3.04. The Morgan fingerprint density at radius 3 is 2.42 bits per heavy atom. The van der Waals surface area contributed by atoms with Gasteiger partial charge < -0.3 is 19.8 Å². The molecule has 6 nitrogen and oxygen atoms in total. The minimum Gasteiger partial charge on any atom is -0.496 e. The molecular weight excluding hydrogens is 392 g/mol. The molecule has 1 aromatic heterocycles. The number of amides is 1. The van der Waals surface area contributed by atoms with Crippen LogP contribution in [0.4, 0.5) is 0 Å². The van der Waals surface area contributed by atoms with Crippen LogP contribution in [-0.4, -0.2) is 30.7 Å². The Hall–Kier alpha value is -2.76. The highest BCUT2D eigenvalue weighted by atomic mass is 16.5. The van der Waals surface area contributed by atoms with Crippen LogP contribution in [0.5, 0.6) is 5.75 Å². The maximum Gasteiger partial charge on any atom is 0.305 e. The van der Waals surface area contributed by atoms with E-state index in [4.69, 9.17) is 15.2 Å². The molecule has 0 aliphatic heterocycles. The predicted molar refractivity (Wildman–Crippen MR) is 121 cm³/mol. The fourth-order valence-electron chi connectivity index (χ4n) is 4.90. The summed E-state index contributed by atoms with van der Waals surface area (Å²) in [5.74, 6) is 0.657. The van der Waals surface area contributed by atoms with Gasteiger partial charge in [0.1, 0.15) is 5.75 Å². The van der Waals surface area contributed by atoms with Crippen molar-refractivity contribution in [1.29, 1.82) is 0 Å². The number of methoxy groups -OCH3 is 2. The van der Waals surface area contributed by atoms with Crippen LogP contribution >= 0.6 is 0 Å². The monoisotopic (exact) mass is 426 g/mol. The molecule has 1 aromatic carbocycles. The summed E-state index contributed by atoms with van der Waals surface area (Å²) < 4.78 is 12.5. The van der Waals surface area contributed by atoms with E-state index < -0.39 is 5.91 Å². The molecule has 0 radical (unpaired) electrons. The second-order valence-corrected chi connectivity index (χ2v) is 8.52. The molecule has 3 rings (SSSR count). The lowest BCUT2D eigenvalue weighted by Crippen LogP contribution is -2.18. The van der Waals surface area contributed by atoms with Gasteiger partial charge in [0.05, 0.1) is 26.2 Å². The maximum absolute atomic E-state index is 12.6. The number of hydrogen-bond donors (Lipinski definition) is 1. The zero-order valence-corrected chi connectivity index (χ0v) is 19.1. The molecule has 6 heteroatoms. The zero-order valence-electron chi connectivity index (χ0n) is 19.1. The van der Waals surface area contributed by atoms with E-state index in [1.165, 1.54) is 39.2 Å². The predicted octanol–water partition coefficient (Wildman–Crippen LogP) is 4.57. The number of aryl methyl sites for hydroxylation is 1. The van der Waals surface area contributed by atoms with Crippen LogP contribution in [0.2, 0.25) is 0 Å². The third-order valence-electron chi connectivity index (χ3n) is 6.52. The van der Waals surface area contributed by atoms with Crippen LogP contribution in [0.3, 0.4) is 0 Å². The summed E-state index contributed by atoms with van der Waals surface area (Å²) in [6.45, 7) is 4.79.